The van der Waals surface area contributed by atoms with E-state index in [1.165, 1.54) is 44.5 Å². The van der Waals surface area contributed by atoms with Crippen LogP contribution < -0.4 is 9.47 Å². The topological polar surface area (TPSA) is 84.2 Å². The quantitative estimate of drug-likeness (QED) is 0.0558. The molecule has 2 aliphatic rings. The highest BCUT2D eigenvalue weighted by atomic mass is 16.7. The zero-order valence-electron chi connectivity index (χ0n) is 34.8. The van der Waals surface area contributed by atoms with Crippen molar-refractivity contribution in [1.82, 2.24) is 0 Å². The number of esters is 2. The highest BCUT2D eigenvalue weighted by Gasteiger charge is 2.37. The highest BCUT2D eigenvalue weighted by molar-refractivity contribution is 6.09. The number of furan rings is 1. The zero-order chi connectivity index (χ0) is 42.1. The zero-order valence-corrected chi connectivity index (χ0v) is 34.8. The Labute approximate surface area is 349 Å². The lowest BCUT2D eigenvalue weighted by atomic mass is 9.81. The van der Waals surface area contributed by atoms with Crippen LogP contribution in [0.1, 0.15) is 63.8 Å². The Morgan fingerprint density at radius 3 is 1.47 bits per heavy atom. The minimum absolute atomic E-state index is 0.0541. The maximum Gasteiger partial charge on any atom is 0.335 e. The van der Waals surface area contributed by atoms with E-state index in [1.807, 2.05) is 12.1 Å². The summed E-state index contributed by atoms with van der Waals surface area (Å²) in [4.78, 5) is 24.5. The first-order chi connectivity index (χ1) is 28.7. The van der Waals surface area contributed by atoms with Crippen LogP contribution in [0, 0.1) is 0 Å². The second kappa shape index (κ2) is 14.5. The van der Waals surface area contributed by atoms with Crippen molar-refractivity contribution in [3.05, 3.63) is 156 Å². The van der Waals surface area contributed by atoms with Crippen molar-refractivity contribution in [2.45, 2.75) is 52.4 Å². The smallest absolute Gasteiger partial charge is 0.335 e. The third-order valence-corrected chi connectivity index (χ3v) is 12.1. The van der Waals surface area contributed by atoms with Gasteiger partial charge in [-0.3, -0.25) is 0 Å². The number of carbonyl (C=O) groups is 2. The van der Waals surface area contributed by atoms with Gasteiger partial charge >= 0.3 is 11.9 Å². The molecule has 6 aromatic carbocycles. The van der Waals surface area contributed by atoms with Gasteiger partial charge < -0.3 is 23.4 Å². The van der Waals surface area contributed by atoms with Gasteiger partial charge in [0.2, 0.25) is 6.79 Å². The van der Waals surface area contributed by atoms with Gasteiger partial charge in [0, 0.05) is 56.0 Å². The van der Waals surface area contributed by atoms with Crippen molar-refractivity contribution in [1.29, 1.82) is 0 Å². The van der Waals surface area contributed by atoms with E-state index in [9.17, 15) is 9.59 Å². The summed E-state index contributed by atoms with van der Waals surface area (Å²) >= 11 is 0. The normalized spacial score (nSPS) is 13.9. The molecule has 7 nitrogen and oxygen atoms in total. The van der Waals surface area contributed by atoms with Crippen LogP contribution in [0.4, 0.5) is 0 Å². The molecule has 0 unspecified atom stereocenters. The van der Waals surface area contributed by atoms with Crippen molar-refractivity contribution >= 4 is 33.9 Å². The molecule has 2 aliphatic carbocycles. The van der Waals surface area contributed by atoms with Gasteiger partial charge in [0.05, 0.1) is 0 Å². The van der Waals surface area contributed by atoms with Gasteiger partial charge in [0.25, 0.3) is 0 Å². The summed E-state index contributed by atoms with van der Waals surface area (Å²) < 4.78 is 30.0. The summed E-state index contributed by atoms with van der Waals surface area (Å²) in [5, 5.41) is 1.77. The molecule has 60 heavy (non-hydrogen) atoms. The predicted octanol–water partition coefficient (Wildman–Crippen LogP) is 12.5. The Hall–Kier alpha value is -6.86. The van der Waals surface area contributed by atoms with E-state index in [-0.39, 0.29) is 36.4 Å². The van der Waals surface area contributed by atoms with E-state index in [2.05, 4.69) is 138 Å². The van der Waals surface area contributed by atoms with E-state index in [1.54, 1.807) is 13.8 Å². The lowest BCUT2D eigenvalue weighted by molar-refractivity contribution is -0.145. The van der Waals surface area contributed by atoms with E-state index in [0.717, 1.165) is 33.0 Å². The molecular weight excluding hydrogens is 749 g/mol. The minimum atomic E-state index is -0.535. The number of rotatable bonds is 11. The Kier molecular flexibility index (Phi) is 9.31. The number of hydrogen-bond acceptors (Lipinski definition) is 7. The van der Waals surface area contributed by atoms with Crippen LogP contribution in [0.25, 0.3) is 66.4 Å². The molecule has 0 spiro atoms. The maximum atomic E-state index is 12.4. The van der Waals surface area contributed by atoms with Crippen molar-refractivity contribution in [3.8, 4) is 56.0 Å². The van der Waals surface area contributed by atoms with Gasteiger partial charge in [0.15, 0.2) is 0 Å². The summed E-state index contributed by atoms with van der Waals surface area (Å²) in [5.74, 6) is 0.0872. The highest BCUT2D eigenvalue weighted by Crippen LogP contribution is 2.52. The number of fused-ring (bicyclic) bond motifs is 9. The summed E-state index contributed by atoms with van der Waals surface area (Å²) in [6.07, 6.45) is 0. The van der Waals surface area contributed by atoms with Gasteiger partial charge in [-0.15, -0.1) is 0 Å². The first-order valence-corrected chi connectivity index (χ1v) is 20.2. The standard InChI is InChI=1S/C53H46O7/c1-30(2)50(54)57-22-21-56-46-27-48-40(25-38(46)32-17-19-36-34-13-9-11-15-42(34)52(5,6)44(36)23-32)41-26-39(47(28-49(41)60-48)58-29-59-51(55)31(3)4)33-18-20-37-35-14-10-12-16-43(35)53(7,8)45(37)24-33/h9-20,23-28H,1,3,21-22,29H2,2,4-8H3. The minimum Gasteiger partial charge on any atom is -0.489 e. The second-order valence-electron chi connectivity index (χ2n) is 16.9. The van der Waals surface area contributed by atoms with Crippen LogP contribution in [0.15, 0.2) is 138 Å². The molecule has 0 radical (unpaired) electrons. The van der Waals surface area contributed by atoms with Crippen LogP contribution >= 0.6 is 0 Å². The maximum absolute atomic E-state index is 12.4. The molecule has 0 amide bonds. The SMILES string of the molecule is C=C(C)C(=O)OCCOc1cc2oc3cc(OCOC(=O)C(=C)C)c(-c4ccc5c(c4)C(C)(C)c4ccccc4-5)cc3c2cc1-c1ccc2c(c1)C(C)(C)c1ccccc1-2. The second-order valence-corrected chi connectivity index (χ2v) is 16.9. The fourth-order valence-electron chi connectivity index (χ4n) is 8.94. The van der Waals surface area contributed by atoms with E-state index < -0.39 is 11.9 Å². The molecule has 7 aromatic rings. The van der Waals surface area contributed by atoms with Crippen molar-refractivity contribution in [2.75, 3.05) is 20.0 Å². The third-order valence-electron chi connectivity index (χ3n) is 12.1. The van der Waals surface area contributed by atoms with Gasteiger partial charge in [0.1, 0.15) is 35.9 Å². The van der Waals surface area contributed by atoms with Gasteiger partial charge in [-0.25, -0.2) is 9.59 Å². The van der Waals surface area contributed by atoms with Gasteiger partial charge in [-0.2, -0.15) is 0 Å². The van der Waals surface area contributed by atoms with E-state index in [0.29, 0.717) is 28.2 Å². The van der Waals surface area contributed by atoms with Gasteiger partial charge in [-0.05, 0) is 93.7 Å². The number of hydrogen-bond donors (Lipinski definition) is 0. The third kappa shape index (κ3) is 6.36. The first kappa shape index (κ1) is 38.6. The van der Waals surface area contributed by atoms with Crippen LogP contribution in [-0.4, -0.2) is 31.9 Å². The molecule has 0 bridgehead atoms. The first-order valence-electron chi connectivity index (χ1n) is 20.2. The molecule has 0 fully saturated rings. The lowest BCUT2D eigenvalue weighted by Gasteiger charge is -2.22. The Morgan fingerprint density at radius 1 is 0.517 bits per heavy atom. The van der Waals surface area contributed by atoms with E-state index >= 15 is 0 Å². The lowest BCUT2D eigenvalue weighted by Crippen LogP contribution is -2.15. The molecule has 0 aliphatic heterocycles. The van der Waals surface area contributed by atoms with E-state index in [4.69, 9.17) is 23.4 Å². The molecule has 1 heterocycles. The Bertz CT molecular complexity index is 2960. The number of benzene rings is 6. The van der Waals surface area contributed by atoms with Crippen molar-refractivity contribution in [2.24, 2.45) is 0 Å². The largest absolute Gasteiger partial charge is 0.489 e. The Balaban J connectivity index is 1.19. The number of carbonyl (C=O) groups excluding carboxylic acids is 2. The molecular formula is C53H46O7. The molecule has 0 saturated carbocycles. The summed E-state index contributed by atoms with van der Waals surface area (Å²) in [6, 6.07) is 38.3. The monoisotopic (exact) mass is 794 g/mol. The molecule has 1 aromatic heterocycles. The predicted molar refractivity (Wildman–Crippen MR) is 237 cm³/mol. The van der Waals surface area contributed by atoms with Crippen molar-refractivity contribution in [3.63, 3.8) is 0 Å². The Morgan fingerprint density at radius 2 is 0.967 bits per heavy atom. The molecule has 0 atom stereocenters. The van der Waals surface area contributed by atoms with Crippen LogP contribution in [0.5, 0.6) is 11.5 Å². The number of ether oxygens (including phenoxy) is 4. The molecule has 300 valence electrons. The van der Waals surface area contributed by atoms with Crippen molar-refractivity contribution < 1.29 is 33.0 Å². The molecule has 0 N–H and O–H groups in total. The molecule has 7 heteroatoms. The van der Waals surface area contributed by atoms with Crippen LogP contribution in [0.2, 0.25) is 0 Å². The fraction of sp³-hybridized carbons (Fsp3) is 0.208. The summed E-state index contributed by atoms with van der Waals surface area (Å²) in [7, 11) is 0. The molecule has 9 rings (SSSR count). The summed E-state index contributed by atoms with van der Waals surface area (Å²) in [5.41, 5.74) is 15.0. The van der Waals surface area contributed by atoms with Crippen LogP contribution in [-0.2, 0) is 29.9 Å². The van der Waals surface area contributed by atoms with Crippen LogP contribution in [0.3, 0.4) is 0 Å². The molecule has 0 saturated heterocycles. The fourth-order valence-corrected chi connectivity index (χ4v) is 8.94. The average Bonchev–Trinajstić information content (AvgIpc) is 3.79. The van der Waals surface area contributed by atoms with Gasteiger partial charge in [-0.1, -0.05) is 114 Å². The average molecular weight is 795 g/mol. The summed E-state index contributed by atoms with van der Waals surface area (Å²) in [6.45, 7) is 19.5.